The van der Waals surface area contributed by atoms with Gasteiger partial charge in [0.25, 0.3) is 5.91 Å². The Labute approximate surface area is 143 Å². The molecule has 5 heteroatoms. The molecular formula is C19H24N4O. The van der Waals surface area contributed by atoms with Crippen molar-refractivity contribution in [1.29, 1.82) is 0 Å². The molecule has 0 spiro atoms. The minimum atomic E-state index is -0.125. The number of nitrogens with one attached hydrogen (secondary N) is 1. The maximum Gasteiger partial charge on any atom is 0.278 e. The molecule has 0 radical (unpaired) electrons. The molecule has 1 fully saturated rings. The Morgan fingerprint density at radius 3 is 2.46 bits per heavy atom. The molecule has 1 amide bonds. The number of anilines is 2. The van der Waals surface area contributed by atoms with Crippen LogP contribution in [0.3, 0.4) is 0 Å². The normalized spacial score (nSPS) is 15.0. The highest BCUT2D eigenvalue weighted by molar-refractivity contribution is 6.04. The molecule has 24 heavy (non-hydrogen) atoms. The van der Waals surface area contributed by atoms with Gasteiger partial charge in [-0.3, -0.25) is 4.79 Å². The Bertz CT molecular complexity index is 651. The molecule has 1 saturated carbocycles. The van der Waals surface area contributed by atoms with Crippen LogP contribution in [0.15, 0.2) is 42.5 Å². The van der Waals surface area contributed by atoms with Gasteiger partial charge in [-0.15, -0.1) is 10.2 Å². The van der Waals surface area contributed by atoms with Gasteiger partial charge in [-0.25, -0.2) is 0 Å². The fourth-order valence-corrected chi connectivity index (χ4v) is 3.17. The van der Waals surface area contributed by atoms with Crippen LogP contribution in [0.5, 0.6) is 0 Å². The third kappa shape index (κ3) is 3.91. The smallest absolute Gasteiger partial charge is 0.278 e. The first-order valence-corrected chi connectivity index (χ1v) is 8.75. The molecule has 1 aromatic heterocycles. The summed E-state index contributed by atoms with van der Waals surface area (Å²) in [7, 11) is 0. The van der Waals surface area contributed by atoms with Crippen molar-refractivity contribution >= 4 is 17.4 Å². The van der Waals surface area contributed by atoms with Crippen LogP contribution in [0, 0.1) is 0 Å². The summed E-state index contributed by atoms with van der Waals surface area (Å²) >= 11 is 0. The zero-order chi connectivity index (χ0) is 16.8. The Balaban J connectivity index is 1.68. The molecule has 0 saturated heterocycles. The molecule has 1 aromatic carbocycles. The van der Waals surface area contributed by atoms with Gasteiger partial charge in [0, 0.05) is 18.3 Å². The second kappa shape index (κ2) is 7.90. The third-order valence-corrected chi connectivity index (χ3v) is 4.47. The Morgan fingerprint density at radius 2 is 1.83 bits per heavy atom. The topological polar surface area (TPSA) is 58.1 Å². The zero-order valence-corrected chi connectivity index (χ0v) is 14.1. The molecule has 3 rings (SSSR count). The number of amides is 1. The van der Waals surface area contributed by atoms with Crippen molar-refractivity contribution in [3.63, 3.8) is 0 Å². The highest BCUT2D eigenvalue weighted by Crippen LogP contribution is 2.21. The van der Waals surface area contributed by atoms with Crippen LogP contribution in [0.1, 0.15) is 49.5 Å². The van der Waals surface area contributed by atoms with Crippen LogP contribution in [0.25, 0.3) is 0 Å². The number of carbonyl (C=O) groups excluding carboxylic acids is 1. The van der Waals surface area contributed by atoms with Crippen molar-refractivity contribution < 1.29 is 4.79 Å². The van der Waals surface area contributed by atoms with Gasteiger partial charge in [-0.2, -0.15) is 0 Å². The van der Waals surface area contributed by atoms with Crippen LogP contribution in [-0.2, 0) is 0 Å². The van der Waals surface area contributed by atoms with Crippen LogP contribution in [-0.4, -0.2) is 28.7 Å². The lowest BCUT2D eigenvalue weighted by Crippen LogP contribution is -2.31. The quantitative estimate of drug-likeness (QED) is 0.906. The highest BCUT2D eigenvalue weighted by atomic mass is 16.2. The largest absolute Gasteiger partial charge is 0.366 e. The lowest BCUT2D eigenvalue weighted by molar-refractivity contribution is 0.0982. The average Bonchev–Trinajstić information content (AvgIpc) is 2.65. The number of rotatable bonds is 5. The van der Waals surface area contributed by atoms with Gasteiger partial charge in [0.15, 0.2) is 5.69 Å². The Morgan fingerprint density at radius 1 is 1.08 bits per heavy atom. The first-order chi connectivity index (χ1) is 11.8. The SMILES string of the molecule is CCN(C(=O)c1ccc(NC2CCCCC2)nn1)c1ccccc1. The second-order valence-corrected chi connectivity index (χ2v) is 6.17. The molecule has 1 aliphatic rings. The second-order valence-electron chi connectivity index (χ2n) is 6.17. The Kier molecular flexibility index (Phi) is 5.41. The van der Waals surface area contributed by atoms with Crippen molar-refractivity contribution in [3.8, 4) is 0 Å². The van der Waals surface area contributed by atoms with E-state index in [4.69, 9.17) is 0 Å². The predicted octanol–water partition coefficient (Wildman–Crippen LogP) is 3.89. The molecule has 0 aliphatic heterocycles. The molecule has 5 nitrogen and oxygen atoms in total. The first-order valence-electron chi connectivity index (χ1n) is 8.75. The molecule has 1 heterocycles. The van der Waals surface area contributed by atoms with Gasteiger partial charge in [-0.05, 0) is 44.0 Å². The van der Waals surface area contributed by atoms with E-state index >= 15 is 0 Å². The minimum Gasteiger partial charge on any atom is -0.366 e. The summed E-state index contributed by atoms with van der Waals surface area (Å²) in [6.45, 7) is 2.55. The van der Waals surface area contributed by atoms with Crippen molar-refractivity contribution in [3.05, 3.63) is 48.2 Å². The van der Waals surface area contributed by atoms with E-state index in [2.05, 4.69) is 15.5 Å². The number of hydrogen-bond donors (Lipinski definition) is 1. The van der Waals surface area contributed by atoms with Gasteiger partial charge in [0.1, 0.15) is 5.82 Å². The van der Waals surface area contributed by atoms with E-state index < -0.39 is 0 Å². The number of para-hydroxylation sites is 1. The van der Waals surface area contributed by atoms with E-state index in [1.807, 2.05) is 43.3 Å². The van der Waals surface area contributed by atoms with Gasteiger partial charge in [-0.1, -0.05) is 37.5 Å². The van der Waals surface area contributed by atoms with Crippen LogP contribution < -0.4 is 10.2 Å². The predicted molar refractivity (Wildman–Crippen MR) is 96.3 cm³/mol. The standard InChI is InChI=1S/C19H24N4O/c1-2-23(16-11-7-4-8-12-16)19(24)17-13-14-18(22-21-17)20-15-9-5-3-6-10-15/h4,7-8,11-15H,2-3,5-6,9-10H2,1H3,(H,20,22). The molecule has 0 atom stereocenters. The number of benzene rings is 1. The van der Waals surface area contributed by atoms with Crippen molar-refractivity contribution in [2.24, 2.45) is 0 Å². The number of aromatic nitrogens is 2. The summed E-state index contributed by atoms with van der Waals surface area (Å²) in [5.74, 6) is 0.627. The summed E-state index contributed by atoms with van der Waals surface area (Å²) in [5.41, 5.74) is 1.24. The third-order valence-electron chi connectivity index (χ3n) is 4.47. The van der Waals surface area contributed by atoms with E-state index in [0.29, 0.717) is 18.3 Å². The van der Waals surface area contributed by atoms with E-state index in [9.17, 15) is 4.79 Å². The van der Waals surface area contributed by atoms with E-state index in [1.165, 1.54) is 32.1 Å². The Hall–Kier alpha value is -2.43. The van der Waals surface area contributed by atoms with Gasteiger partial charge in [0.2, 0.25) is 0 Å². The molecule has 126 valence electrons. The first kappa shape index (κ1) is 16.4. The fourth-order valence-electron chi connectivity index (χ4n) is 3.17. The van der Waals surface area contributed by atoms with E-state index in [0.717, 1.165) is 11.5 Å². The molecule has 1 N–H and O–H groups in total. The lowest BCUT2D eigenvalue weighted by atomic mass is 9.95. The van der Waals surface area contributed by atoms with Crippen LogP contribution in [0.2, 0.25) is 0 Å². The van der Waals surface area contributed by atoms with Crippen molar-refractivity contribution in [1.82, 2.24) is 10.2 Å². The number of nitrogens with zero attached hydrogens (tertiary/aromatic N) is 3. The monoisotopic (exact) mass is 324 g/mol. The summed E-state index contributed by atoms with van der Waals surface area (Å²) in [6, 6.07) is 13.7. The van der Waals surface area contributed by atoms with Crippen molar-refractivity contribution in [2.45, 2.75) is 45.1 Å². The summed E-state index contributed by atoms with van der Waals surface area (Å²) in [6.07, 6.45) is 6.22. The van der Waals surface area contributed by atoms with Gasteiger partial charge in [0.05, 0.1) is 0 Å². The fraction of sp³-hybridized carbons (Fsp3) is 0.421. The van der Waals surface area contributed by atoms with Crippen LogP contribution >= 0.6 is 0 Å². The molecular weight excluding hydrogens is 300 g/mol. The summed E-state index contributed by atoms with van der Waals surface area (Å²) in [4.78, 5) is 14.4. The summed E-state index contributed by atoms with van der Waals surface area (Å²) < 4.78 is 0. The molecule has 2 aromatic rings. The van der Waals surface area contributed by atoms with Gasteiger partial charge >= 0.3 is 0 Å². The molecule has 0 bridgehead atoms. The van der Waals surface area contributed by atoms with E-state index in [1.54, 1.807) is 11.0 Å². The highest BCUT2D eigenvalue weighted by Gasteiger charge is 2.18. The minimum absolute atomic E-state index is 0.125. The van der Waals surface area contributed by atoms with Crippen molar-refractivity contribution in [2.75, 3.05) is 16.8 Å². The lowest BCUT2D eigenvalue weighted by Gasteiger charge is -2.23. The van der Waals surface area contributed by atoms with E-state index in [-0.39, 0.29) is 5.91 Å². The van der Waals surface area contributed by atoms with Crippen LogP contribution in [0.4, 0.5) is 11.5 Å². The molecule has 0 unspecified atom stereocenters. The number of hydrogen-bond acceptors (Lipinski definition) is 4. The summed E-state index contributed by atoms with van der Waals surface area (Å²) in [5, 5.41) is 11.8. The zero-order valence-electron chi connectivity index (χ0n) is 14.1. The maximum absolute atomic E-state index is 12.7. The molecule has 1 aliphatic carbocycles. The average molecular weight is 324 g/mol. The van der Waals surface area contributed by atoms with Gasteiger partial charge < -0.3 is 10.2 Å². The number of carbonyl (C=O) groups is 1. The maximum atomic E-state index is 12.7.